The van der Waals surface area contributed by atoms with E-state index in [-0.39, 0.29) is 5.91 Å². The van der Waals surface area contributed by atoms with Gasteiger partial charge < -0.3 is 4.90 Å². The van der Waals surface area contributed by atoms with Crippen molar-refractivity contribution in [1.29, 1.82) is 0 Å². The number of benzene rings is 1. The first-order valence-corrected chi connectivity index (χ1v) is 7.97. The van der Waals surface area contributed by atoms with E-state index >= 15 is 0 Å². The Balaban J connectivity index is 1.64. The van der Waals surface area contributed by atoms with Crippen LogP contribution in [0, 0.1) is 0 Å². The van der Waals surface area contributed by atoms with Gasteiger partial charge in [0.1, 0.15) is 5.69 Å². The maximum absolute atomic E-state index is 12.9. The fourth-order valence-corrected chi connectivity index (χ4v) is 3.20. The zero-order valence-electron chi connectivity index (χ0n) is 13.0. The number of rotatable bonds is 2. The first-order chi connectivity index (χ1) is 11.6. The minimum absolute atomic E-state index is 0.0740. The summed E-state index contributed by atoms with van der Waals surface area (Å²) in [7, 11) is 1.87. The first-order valence-electron chi connectivity index (χ1n) is 7.59. The molecule has 0 saturated heterocycles. The minimum Gasteiger partial charge on any atom is -0.332 e. The summed E-state index contributed by atoms with van der Waals surface area (Å²) < 4.78 is 1.77. The lowest BCUT2D eigenvalue weighted by Gasteiger charge is -2.26. The summed E-state index contributed by atoms with van der Waals surface area (Å²) in [4.78, 5) is 14.7. The Kier molecular flexibility index (Phi) is 3.57. The van der Waals surface area contributed by atoms with E-state index in [1.807, 2.05) is 25.2 Å². The van der Waals surface area contributed by atoms with Gasteiger partial charge in [-0.1, -0.05) is 28.9 Å². The molecular formula is C16H15ClN6O. The van der Waals surface area contributed by atoms with E-state index in [0.717, 1.165) is 23.4 Å². The molecule has 1 N–H and O–H groups in total. The molecule has 0 aliphatic carbocycles. The molecule has 0 atom stereocenters. The first kappa shape index (κ1) is 14.9. The highest BCUT2D eigenvalue weighted by atomic mass is 35.5. The average Bonchev–Trinajstić information content (AvgIpc) is 3.21. The van der Waals surface area contributed by atoms with Crippen LogP contribution in [-0.4, -0.2) is 42.5 Å². The summed E-state index contributed by atoms with van der Waals surface area (Å²) in [6.45, 7) is 1.09. The van der Waals surface area contributed by atoms with E-state index in [4.69, 9.17) is 11.6 Å². The number of fused-ring (bicyclic) bond motifs is 1. The fraction of sp³-hybridized carbons (Fsp3) is 0.250. The van der Waals surface area contributed by atoms with Crippen LogP contribution in [0.25, 0.3) is 11.3 Å². The molecule has 4 rings (SSSR count). The van der Waals surface area contributed by atoms with Gasteiger partial charge in [-0.15, -0.1) is 5.10 Å². The summed E-state index contributed by atoms with van der Waals surface area (Å²) in [6.07, 6.45) is 2.31. The van der Waals surface area contributed by atoms with Gasteiger partial charge in [0.15, 0.2) is 0 Å². The van der Waals surface area contributed by atoms with Crippen molar-refractivity contribution in [2.24, 2.45) is 7.05 Å². The number of nitrogens with zero attached hydrogens (tertiary/aromatic N) is 5. The SMILES string of the molecule is Cn1nnc2c1CCN(C(=O)c1cn[nH]c1-c1cccc(Cl)c1)C2. The zero-order valence-corrected chi connectivity index (χ0v) is 13.8. The molecule has 1 aliphatic heterocycles. The molecule has 7 nitrogen and oxygen atoms in total. The van der Waals surface area contributed by atoms with Gasteiger partial charge in [-0.25, -0.2) is 0 Å². The lowest BCUT2D eigenvalue weighted by atomic mass is 10.1. The van der Waals surface area contributed by atoms with Crippen LogP contribution in [0.4, 0.5) is 0 Å². The van der Waals surface area contributed by atoms with Crippen molar-refractivity contribution in [3.8, 4) is 11.3 Å². The number of aromatic amines is 1. The fourth-order valence-electron chi connectivity index (χ4n) is 3.01. The van der Waals surface area contributed by atoms with Crippen molar-refractivity contribution in [2.45, 2.75) is 13.0 Å². The second-order valence-corrected chi connectivity index (χ2v) is 6.19. The van der Waals surface area contributed by atoms with Crippen LogP contribution in [0.3, 0.4) is 0 Å². The molecule has 0 radical (unpaired) electrons. The number of amides is 1. The van der Waals surface area contributed by atoms with Crippen molar-refractivity contribution in [3.05, 3.63) is 52.4 Å². The third-order valence-electron chi connectivity index (χ3n) is 4.25. The molecule has 2 aromatic heterocycles. The van der Waals surface area contributed by atoms with Crippen LogP contribution in [0.2, 0.25) is 5.02 Å². The van der Waals surface area contributed by atoms with Crippen molar-refractivity contribution in [3.63, 3.8) is 0 Å². The van der Waals surface area contributed by atoms with Gasteiger partial charge in [-0.3, -0.25) is 14.6 Å². The van der Waals surface area contributed by atoms with Crippen molar-refractivity contribution in [2.75, 3.05) is 6.54 Å². The number of hydrogen-bond acceptors (Lipinski definition) is 4. The predicted molar refractivity (Wildman–Crippen MR) is 88.5 cm³/mol. The van der Waals surface area contributed by atoms with Crippen LogP contribution >= 0.6 is 11.6 Å². The molecule has 8 heteroatoms. The Labute approximate surface area is 143 Å². The molecule has 0 unspecified atom stereocenters. The second-order valence-electron chi connectivity index (χ2n) is 5.75. The monoisotopic (exact) mass is 342 g/mol. The largest absolute Gasteiger partial charge is 0.332 e. The van der Waals surface area contributed by atoms with E-state index in [2.05, 4.69) is 20.5 Å². The molecule has 3 aromatic rings. The molecule has 122 valence electrons. The minimum atomic E-state index is -0.0740. The third kappa shape index (κ3) is 2.46. The van der Waals surface area contributed by atoms with E-state index < -0.39 is 0 Å². The maximum Gasteiger partial charge on any atom is 0.258 e. The van der Waals surface area contributed by atoms with E-state index in [9.17, 15) is 4.79 Å². The number of halogens is 1. The van der Waals surface area contributed by atoms with Crippen molar-refractivity contribution < 1.29 is 4.79 Å². The molecule has 24 heavy (non-hydrogen) atoms. The van der Waals surface area contributed by atoms with Crippen LogP contribution in [0.5, 0.6) is 0 Å². The van der Waals surface area contributed by atoms with Gasteiger partial charge in [0.05, 0.1) is 29.7 Å². The molecule has 0 spiro atoms. The van der Waals surface area contributed by atoms with E-state index in [1.165, 1.54) is 0 Å². The van der Waals surface area contributed by atoms with Gasteiger partial charge in [0.25, 0.3) is 5.91 Å². The summed E-state index contributed by atoms with van der Waals surface area (Å²) in [5, 5.41) is 15.7. The molecule has 0 fully saturated rings. The number of aryl methyl sites for hydroxylation is 1. The molecular weight excluding hydrogens is 328 g/mol. The van der Waals surface area contributed by atoms with E-state index in [1.54, 1.807) is 21.8 Å². The summed E-state index contributed by atoms with van der Waals surface area (Å²) in [5.74, 6) is -0.0740. The highest BCUT2D eigenvalue weighted by Gasteiger charge is 2.27. The Morgan fingerprint density at radius 1 is 1.38 bits per heavy atom. The lowest BCUT2D eigenvalue weighted by Crippen LogP contribution is -2.36. The number of aromatic nitrogens is 5. The zero-order chi connectivity index (χ0) is 16.7. The summed E-state index contributed by atoms with van der Waals surface area (Å²) in [6, 6.07) is 7.35. The lowest BCUT2D eigenvalue weighted by molar-refractivity contribution is 0.0732. The smallest absolute Gasteiger partial charge is 0.258 e. The van der Waals surface area contributed by atoms with Crippen LogP contribution in [-0.2, 0) is 20.0 Å². The molecule has 1 aliphatic rings. The van der Waals surface area contributed by atoms with Crippen LogP contribution in [0.1, 0.15) is 21.7 Å². The molecule has 3 heterocycles. The average molecular weight is 343 g/mol. The summed E-state index contributed by atoms with van der Waals surface area (Å²) in [5.41, 5.74) is 3.98. The summed E-state index contributed by atoms with van der Waals surface area (Å²) >= 11 is 6.05. The van der Waals surface area contributed by atoms with Crippen molar-refractivity contribution >= 4 is 17.5 Å². The quantitative estimate of drug-likeness (QED) is 0.773. The van der Waals surface area contributed by atoms with Gasteiger partial charge in [-0.2, -0.15) is 5.10 Å². The number of H-pyrrole nitrogens is 1. The predicted octanol–water partition coefficient (Wildman–Crippen LogP) is 2.06. The Morgan fingerprint density at radius 2 is 2.25 bits per heavy atom. The second kappa shape index (κ2) is 5.76. The Bertz CT molecular complexity index is 915. The normalized spacial score (nSPS) is 13.8. The molecule has 1 amide bonds. The van der Waals surface area contributed by atoms with Crippen LogP contribution in [0.15, 0.2) is 30.5 Å². The van der Waals surface area contributed by atoms with Gasteiger partial charge in [0.2, 0.25) is 0 Å². The Hall–Kier alpha value is -2.67. The Morgan fingerprint density at radius 3 is 3.08 bits per heavy atom. The molecule has 0 bridgehead atoms. The number of nitrogens with one attached hydrogen (secondary N) is 1. The van der Waals surface area contributed by atoms with Crippen LogP contribution < -0.4 is 0 Å². The highest BCUT2D eigenvalue weighted by molar-refractivity contribution is 6.30. The molecule has 0 saturated carbocycles. The van der Waals surface area contributed by atoms with Gasteiger partial charge >= 0.3 is 0 Å². The molecule has 1 aromatic carbocycles. The number of carbonyl (C=O) groups excluding carboxylic acids is 1. The number of hydrogen-bond donors (Lipinski definition) is 1. The van der Waals surface area contributed by atoms with Crippen molar-refractivity contribution in [1.82, 2.24) is 30.1 Å². The van der Waals surface area contributed by atoms with E-state index in [0.29, 0.717) is 29.4 Å². The highest BCUT2D eigenvalue weighted by Crippen LogP contribution is 2.26. The number of carbonyl (C=O) groups is 1. The van der Waals surface area contributed by atoms with Gasteiger partial charge in [-0.05, 0) is 12.1 Å². The standard InChI is InChI=1S/C16H15ClN6O/c1-22-14-5-6-23(9-13(14)19-21-22)16(24)12-8-18-20-15(12)10-3-2-4-11(17)7-10/h2-4,7-8H,5-6,9H2,1H3,(H,18,20). The van der Waals surface area contributed by atoms with Gasteiger partial charge in [0, 0.05) is 30.6 Å². The topological polar surface area (TPSA) is 79.7 Å². The maximum atomic E-state index is 12.9. The third-order valence-corrected chi connectivity index (χ3v) is 4.49.